The van der Waals surface area contributed by atoms with E-state index in [0.717, 1.165) is 17.7 Å². The first-order valence-electron chi connectivity index (χ1n) is 6.93. The maximum Gasteiger partial charge on any atom is 0.322 e. The molecular weight excluding hydrogens is 256 g/mol. The summed E-state index contributed by atoms with van der Waals surface area (Å²) < 4.78 is 0. The van der Waals surface area contributed by atoms with E-state index < -0.39 is 11.9 Å². The van der Waals surface area contributed by atoms with Gasteiger partial charge < -0.3 is 15.3 Å². The van der Waals surface area contributed by atoms with Crippen LogP contribution in [0.2, 0.25) is 0 Å². The lowest BCUT2D eigenvalue weighted by Crippen LogP contribution is -2.40. The van der Waals surface area contributed by atoms with Gasteiger partial charge in [-0.2, -0.15) is 0 Å². The summed E-state index contributed by atoms with van der Waals surface area (Å²) in [5, 5.41) is 12.0. The van der Waals surface area contributed by atoms with Crippen molar-refractivity contribution in [1.82, 2.24) is 4.90 Å². The molecule has 0 aliphatic carbocycles. The van der Waals surface area contributed by atoms with Gasteiger partial charge in [0.25, 0.3) is 0 Å². The minimum Gasteiger partial charge on any atom is -0.481 e. The van der Waals surface area contributed by atoms with Crippen LogP contribution < -0.4 is 5.32 Å². The van der Waals surface area contributed by atoms with Gasteiger partial charge in [0.1, 0.15) is 0 Å². The lowest BCUT2D eigenvalue weighted by molar-refractivity contribution is -0.142. The lowest BCUT2D eigenvalue weighted by atomic mass is 10.0. The maximum atomic E-state index is 12.3. The van der Waals surface area contributed by atoms with Gasteiger partial charge in [-0.15, -0.1) is 0 Å². The van der Waals surface area contributed by atoms with Crippen molar-refractivity contribution in [2.45, 2.75) is 32.7 Å². The van der Waals surface area contributed by atoms with Gasteiger partial charge in [0, 0.05) is 18.3 Å². The fraction of sp³-hybridized carbons (Fsp3) is 0.467. The molecule has 1 fully saturated rings. The molecule has 1 aliphatic rings. The Balaban J connectivity index is 2.08. The molecule has 2 atom stereocenters. The van der Waals surface area contributed by atoms with E-state index in [4.69, 9.17) is 5.11 Å². The largest absolute Gasteiger partial charge is 0.481 e. The summed E-state index contributed by atoms with van der Waals surface area (Å²) in [6.07, 6.45) is 1.35. The summed E-state index contributed by atoms with van der Waals surface area (Å²) in [6, 6.07) is 7.16. The number of aryl methyl sites for hydroxylation is 1. The number of carbonyl (C=O) groups excluding carboxylic acids is 1. The van der Waals surface area contributed by atoms with Gasteiger partial charge in [-0.1, -0.05) is 25.1 Å². The molecule has 0 spiro atoms. The fourth-order valence-corrected chi connectivity index (χ4v) is 2.69. The molecule has 2 N–H and O–H groups in total. The number of amides is 2. The molecule has 0 bridgehead atoms. The highest BCUT2D eigenvalue weighted by molar-refractivity contribution is 5.91. The number of nitrogens with zero attached hydrogens (tertiary/aromatic N) is 1. The molecule has 1 heterocycles. The molecule has 2 amide bonds. The van der Waals surface area contributed by atoms with Crippen LogP contribution in [0.5, 0.6) is 0 Å². The van der Waals surface area contributed by atoms with E-state index in [1.54, 1.807) is 11.8 Å². The number of para-hydroxylation sites is 1. The third-order valence-corrected chi connectivity index (χ3v) is 3.97. The van der Waals surface area contributed by atoms with E-state index in [0.29, 0.717) is 13.0 Å². The highest BCUT2D eigenvalue weighted by Gasteiger charge is 2.38. The summed E-state index contributed by atoms with van der Waals surface area (Å²) in [5.74, 6) is -1.30. The zero-order chi connectivity index (χ0) is 14.7. The predicted octanol–water partition coefficient (Wildman–Crippen LogP) is 2.58. The quantitative estimate of drug-likeness (QED) is 0.891. The minimum atomic E-state index is -0.832. The summed E-state index contributed by atoms with van der Waals surface area (Å²) in [6.45, 7) is 4.30. The number of anilines is 1. The Morgan fingerprint density at radius 3 is 2.70 bits per heavy atom. The minimum absolute atomic E-state index is 0.220. The number of rotatable bonds is 3. The smallest absolute Gasteiger partial charge is 0.322 e. The average Bonchev–Trinajstić information content (AvgIpc) is 2.81. The van der Waals surface area contributed by atoms with Crippen LogP contribution >= 0.6 is 0 Å². The predicted molar refractivity (Wildman–Crippen MR) is 76.7 cm³/mol. The summed E-state index contributed by atoms with van der Waals surface area (Å²) in [7, 11) is 0. The van der Waals surface area contributed by atoms with Crippen molar-refractivity contribution < 1.29 is 14.7 Å². The van der Waals surface area contributed by atoms with Crippen LogP contribution in [0.15, 0.2) is 24.3 Å². The van der Waals surface area contributed by atoms with Gasteiger partial charge in [0.15, 0.2) is 0 Å². The van der Waals surface area contributed by atoms with E-state index in [2.05, 4.69) is 5.32 Å². The Labute approximate surface area is 118 Å². The van der Waals surface area contributed by atoms with Crippen molar-refractivity contribution >= 4 is 17.7 Å². The molecule has 1 saturated heterocycles. The normalized spacial score (nSPS) is 21.8. The number of aliphatic carboxylic acids is 1. The van der Waals surface area contributed by atoms with Gasteiger partial charge in [-0.3, -0.25) is 4.79 Å². The van der Waals surface area contributed by atoms with Crippen molar-refractivity contribution in [3.8, 4) is 0 Å². The van der Waals surface area contributed by atoms with Crippen LogP contribution in [0.3, 0.4) is 0 Å². The lowest BCUT2D eigenvalue weighted by Gasteiger charge is -2.24. The molecule has 1 aromatic rings. The van der Waals surface area contributed by atoms with Gasteiger partial charge in [-0.25, -0.2) is 4.79 Å². The van der Waals surface area contributed by atoms with Crippen LogP contribution in [0.25, 0.3) is 0 Å². The highest BCUT2D eigenvalue weighted by atomic mass is 16.4. The topological polar surface area (TPSA) is 69.6 Å². The number of urea groups is 1. The van der Waals surface area contributed by atoms with Crippen LogP contribution in [-0.4, -0.2) is 34.6 Å². The van der Waals surface area contributed by atoms with E-state index in [1.807, 2.05) is 31.2 Å². The van der Waals surface area contributed by atoms with Crippen LogP contribution in [0.4, 0.5) is 10.5 Å². The second-order valence-corrected chi connectivity index (χ2v) is 5.11. The standard InChI is InChI=1S/C15H20N2O3/c1-3-11-6-4-5-7-13(11)16-15(20)17-9-8-12(10(17)2)14(18)19/h4-7,10,12H,3,8-9H2,1-2H3,(H,16,20)(H,18,19). The van der Waals surface area contributed by atoms with Gasteiger partial charge >= 0.3 is 12.0 Å². The summed E-state index contributed by atoms with van der Waals surface area (Å²) >= 11 is 0. The number of carboxylic acids is 1. The first-order valence-corrected chi connectivity index (χ1v) is 6.93. The molecule has 5 nitrogen and oxygen atoms in total. The van der Waals surface area contributed by atoms with Crippen LogP contribution in [0, 0.1) is 5.92 Å². The maximum absolute atomic E-state index is 12.3. The fourth-order valence-electron chi connectivity index (χ4n) is 2.69. The molecule has 0 saturated carbocycles. The molecule has 2 rings (SSSR count). The summed E-state index contributed by atoms with van der Waals surface area (Å²) in [4.78, 5) is 25.0. The van der Waals surface area contributed by atoms with Crippen molar-refractivity contribution in [3.63, 3.8) is 0 Å². The van der Waals surface area contributed by atoms with E-state index in [1.165, 1.54) is 0 Å². The van der Waals surface area contributed by atoms with E-state index in [-0.39, 0.29) is 12.1 Å². The Bertz CT molecular complexity index is 516. The second kappa shape index (κ2) is 5.94. The number of nitrogens with one attached hydrogen (secondary N) is 1. The number of carboxylic acid groups (broad SMARTS) is 1. The first kappa shape index (κ1) is 14.4. The molecule has 20 heavy (non-hydrogen) atoms. The molecule has 0 radical (unpaired) electrons. The second-order valence-electron chi connectivity index (χ2n) is 5.11. The molecule has 1 aliphatic heterocycles. The van der Waals surface area contributed by atoms with Crippen molar-refractivity contribution in [3.05, 3.63) is 29.8 Å². The van der Waals surface area contributed by atoms with Gasteiger partial charge in [0.05, 0.1) is 5.92 Å². The third kappa shape index (κ3) is 2.76. The van der Waals surface area contributed by atoms with E-state index in [9.17, 15) is 9.59 Å². The third-order valence-electron chi connectivity index (χ3n) is 3.97. The zero-order valence-electron chi connectivity index (χ0n) is 11.8. The molecular formula is C15H20N2O3. The van der Waals surface area contributed by atoms with E-state index >= 15 is 0 Å². The molecule has 0 aromatic heterocycles. The molecule has 2 unspecified atom stereocenters. The number of hydrogen-bond acceptors (Lipinski definition) is 2. The molecule has 5 heteroatoms. The van der Waals surface area contributed by atoms with Gasteiger partial charge in [-0.05, 0) is 31.4 Å². The first-order chi connectivity index (χ1) is 9.54. The number of likely N-dealkylation sites (tertiary alicyclic amines) is 1. The Hall–Kier alpha value is -2.04. The Morgan fingerprint density at radius 2 is 2.10 bits per heavy atom. The van der Waals surface area contributed by atoms with Gasteiger partial charge in [0.2, 0.25) is 0 Å². The monoisotopic (exact) mass is 276 g/mol. The van der Waals surface area contributed by atoms with Crippen molar-refractivity contribution in [1.29, 1.82) is 0 Å². The van der Waals surface area contributed by atoms with Crippen LogP contribution in [-0.2, 0) is 11.2 Å². The number of carbonyl (C=O) groups is 2. The molecule has 1 aromatic carbocycles. The van der Waals surface area contributed by atoms with Crippen molar-refractivity contribution in [2.75, 3.05) is 11.9 Å². The zero-order valence-corrected chi connectivity index (χ0v) is 11.8. The molecule has 108 valence electrons. The van der Waals surface area contributed by atoms with Crippen molar-refractivity contribution in [2.24, 2.45) is 5.92 Å². The van der Waals surface area contributed by atoms with Crippen LogP contribution in [0.1, 0.15) is 25.8 Å². The summed E-state index contributed by atoms with van der Waals surface area (Å²) in [5.41, 5.74) is 1.87. The SMILES string of the molecule is CCc1ccccc1NC(=O)N1CCC(C(=O)O)C1C. The Morgan fingerprint density at radius 1 is 1.40 bits per heavy atom. The Kier molecular flexibility index (Phi) is 4.27. The average molecular weight is 276 g/mol. The highest BCUT2D eigenvalue weighted by Crippen LogP contribution is 2.25. The number of benzene rings is 1. The number of hydrogen-bond donors (Lipinski definition) is 2.